The maximum absolute atomic E-state index is 11.5. The van der Waals surface area contributed by atoms with Crippen molar-refractivity contribution in [3.05, 3.63) is 0 Å². The molecule has 0 aromatic rings. The molecule has 2 N–H and O–H groups in total. The summed E-state index contributed by atoms with van der Waals surface area (Å²) in [6.45, 7) is 0.556. The predicted molar refractivity (Wildman–Crippen MR) is 58.0 cm³/mol. The van der Waals surface area contributed by atoms with Gasteiger partial charge in [-0.15, -0.1) is 0 Å². The minimum Gasteiger partial charge on any atom is -0.481 e. The Balaban J connectivity index is 2.30. The topological polar surface area (TPSA) is 75.6 Å². The van der Waals surface area contributed by atoms with Crippen molar-refractivity contribution in [2.24, 2.45) is 5.92 Å². The first kappa shape index (κ1) is 13.0. The number of ether oxygens (including phenoxy) is 1. The van der Waals surface area contributed by atoms with E-state index in [0.717, 1.165) is 12.8 Å². The van der Waals surface area contributed by atoms with Crippen molar-refractivity contribution in [1.82, 2.24) is 5.32 Å². The molecule has 0 bridgehead atoms. The summed E-state index contributed by atoms with van der Waals surface area (Å²) in [5.74, 6) is -1.29. The molecule has 0 aliphatic heterocycles. The van der Waals surface area contributed by atoms with Gasteiger partial charge < -0.3 is 15.2 Å². The molecule has 5 heteroatoms. The van der Waals surface area contributed by atoms with Crippen molar-refractivity contribution in [1.29, 1.82) is 0 Å². The largest absolute Gasteiger partial charge is 0.481 e. The van der Waals surface area contributed by atoms with Gasteiger partial charge in [-0.1, -0.05) is 6.42 Å². The SMILES string of the molecule is COCCCC(=O)NC1CCCC1C(=O)O. The van der Waals surface area contributed by atoms with Crippen LogP contribution in [-0.2, 0) is 14.3 Å². The molecule has 16 heavy (non-hydrogen) atoms. The van der Waals surface area contributed by atoms with Gasteiger partial charge in [0.2, 0.25) is 5.91 Å². The number of hydrogen-bond donors (Lipinski definition) is 2. The van der Waals surface area contributed by atoms with Gasteiger partial charge in [0.15, 0.2) is 0 Å². The van der Waals surface area contributed by atoms with Crippen LogP contribution in [0.15, 0.2) is 0 Å². The van der Waals surface area contributed by atoms with Gasteiger partial charge in [-0.05, 0) is 19.3 Å². The Morgan fingerprint density at radius 3 is 2.81 bits per heavy atom. The van der Waals surface area contributed by atoms with E-state index in [1.165, 1.54) is 0 Å². The summed E-state index contributed by atoms with van der Waals surface area (Å²) in [5, 5.41) is 11.7. The number of hydrogen-bond acceptors (Lipinski definition) is 3. The van der Waals surface area contributed by atoms with Gasteiger partial charge >= 0.3 is 5.97 Å². The maximum atomic E-state index is 11.5. The molecule has 0 spiro atoms. The normalized spacial score (nSPS) is 24.3. The molecular weight excluding hydrogens is 210 g/mol. The Bertz CT molecular complexity index is 254. The second-order valence-electron chi connectivity index (χ2n) is 4.15. The lowest BCUT2D eigenvalue weighted by molar-refractivity contribution is -0.142. The van der Waals surface area contributed by atoms with Crippen LogP contribution in [0.4, 0.5) is 0 Å². The van der Waals surface area contributed by atoms with Crippen molar-refractivity contribution < 1.29 is 19.4 Å². The zero-order valence-electron chi connectivity index (χ0n) is 9.57. The average Bonchev–Trinajstić information content (AvgIpc) is 2.66. The average molecular weight is 229 g/mol. The second-order valence-corrected chi connectivity index (χ2v) is 4.15. The van der Waals surface area contributed by atoms with E-state index in [4.69, 9.17) is 9.84 Å². The van der Waals surface area contributed by atoms with Gasteiger partial charge in [-0.3, -0.25) is 9.59 Å². The molecule has 0 aromatic carbocycles. The number of aliphatic carboxylic acids is 1. The standard InChI is InChI=1S/C11H19NO4/c1-16-7-3-6-10(13)12-9-5-2-4-8(9)11(14)15/h8-9H,2-7H2,1H3,(H,12,13)(H,14,15). The Morgan fingerprint density at radius 2 is 2.19 bits per heavy atom. The molecule has 5 nitrogen and oxygen atoms in total. The predicted octanol–water partition coefficient (Wildman–Crippen LogP) is 0.782. The molecule has 1 amide bonds. The molecule has 1 aliphatic carbocycles. The number of carboxylic acid groups (broad SMARTS) is 1. The highest BCUT2D eigenvalue weighted by molar-refractivity contribution is 5.78. The van der Waals surface area contributed by atoms with E-state index in [-0.39, 0.29) is 11.9 Å². The Morgan fingerprint density at radius 1 is 1.44 bits per heavy atom. The van der Waals surface area contributed by atoms with E-state index < -0.39 is 11.9 Å². The van der Waals surface area contributed by atoms with Crippen LogP contribution in [-0.4, -0.2) is 36.7 Å². The molecule has 0 radical (unpaired) electrons. The van der Waals surface area contributed by atoms with E-state index in [1.807, 2.05) is 0 Å². The third-order valence-electron chi connectivity index (χ3n) is 2.93. The third-order valence-corrected chi connectivity index (χ3v) is 2.93. The lowest BCUT2D eigenvalue weighted by Gasteiger charge is -2.17. The van der Waals surface area contributed by atoms with Gasteiger partial charge in [0.1, 0.15) is 0 Å². The molecule has 0 aromatic heterocycles. The molecule has 92 valence electrons. The minimum absolute atomic E-state index is 0.0739. The summed E-state index contributed by atoms with van der Waals surface area (Å²) < 4.78 is 4.85. The summed E-state index contributed by atoms with van der Waals surface area (Å²) in [5.41, 5.74) is 0. The summed E-state index contributed by atoms with van der Waals surface area (Å²) in [7, 11) is 1.59. The van der Waals surface area contributed by atoms with Crippen molar-refractivity contribution in [3.8, 4) is 0 Å². The number of carbonyl (C=O) groups excluding carboxylic acids is 1. The molecule has 1 fully saturated rings. The van der Waals surface area contributed by atoms with Gasteiger partial charge in [0, 0.05) is 26.2 Å². The first-order chi connectivity index (χ1) is 7.65. The van der Waals surface area contributed by atoms with Crippen LogP contribution in [0.1, 0.15) is 32.1 Å². The van der Waals surface area contributed by atoms with Crippen molar-refractivity contribution in [2.45, 2.75) is 38.1 Å². The van der Waals surface area contributed by atoms with E-state index >= 15 is 0 Å². The fourth-order valence-corrected chi connectivity index (χ4v) is 2.08. The molecule has 1 saturated carbocycles. The van der Waals surface area contributed by atoms with E-state index in [9.17, 15) is 9.59 Å². The first-order valence-electron chi connectivity index (χ1n) is 5.66. The van der Waals surface area contributed by atoms with Crippen LogP contribution in [0.2, 0.25) is 0 Å². The highest BCUT2D eigenvalue weighted by atomic mass is 16.5. The zero-order chi connectivity index (χ0) is 12.0. The van der Waals surface area contributed by atoms with Crippen LogP contribution < -0.4 is 5.32 Å². The van der Waals surface area contributed by atoms with Crippen LogP contribution >= 0.6 is 0 Å². The van der Waals surface area contributed by atoms with Gasteiger partial charge in [0.05, 0.1) is 5.92 Å². The fraction of sp³-hybridized carbons (Fsp3) is 0.818. The first-order valence-corrected chi connectivity index (χ1v) is 5.66. The van der Waals surface area contributed by atoms with Crippen LogP contribution in [0.5, 0.6) is 0 Å². The molecule has 0 heterocycles. The quantitative estimate of drug-likeness (QED) is 0.660. The number of nitrogens with one attached hydrogen (secondary N) is 1. The number of methoxy groups -OCH3 is 1. The molecule has 1 rings (SSSR count). The second kappa shape index (κ2) is 6.48. The number of amides is 1. The Hall–Kier alpha value is -1.10. The number of carbonyl (C=O) groups is 2. The number of carboxylic acids is 1. The van der Waals surface area contributed by atoms with E-state index in [0.29, 0.717) is 25.9 Å². The lowest BCUT2D eigenvalue weighted by Crippen LogP contribution is -2.40. The van der Waals surface area contributed by atoms with E-state index in [1.54, 1.807) is 7.11 Å². The van der Waals surface area contributed by atoms with Crippen LogP contribution in [0.3, 0.4) is 0 Å². The highest BCUT2D eigenvalue weighted by Gasteiger charge is 2.33. The maximum Gasteiger partial charge on any atom is 0.308 e. The van der Waals surface area contributed by atoms with Gasteiger partial charge in [0.25, 0.3) is 0 Å². The highest BCUT2D eigenvalue weighted by Crippen LogP contribution is 2.25. The molecule has 0 saturated heterocycles. The van der Waals surface area contributed by atoms with E-state index in [2.05, 4.69) is 5.32 Å². The summed E-state index contributed by atoms with van der Waals surface area (Å²) >= 11 is 0. The summed E-state index contributed by atoms with van der Waals surface area (Å²) in [6, 6.07) is -0.187. The monoisotopic (exact) mass is 229 g/mol. The summed E-state index contributed by atoms with van der Waals surface area (Å²) in [4.78, 5) is 22.4. The van der Waals surface area contributed by atoms with Gasteiger partial charge in [-0.2, -0.15) is 0 Å². The summed E-state index contributed by atoms with van der Waals surface area (Å²) in [6.07, 6.45) is 3.38. The van der Waals surface area contributed by atoms with Gasteiger partial charge in [-0.25, -0.2) is 0 Å². The van der Waals surface area contributed by atoms with Crippen molar-refractivity contribution in [2.75, 3.05) is 13.7 Å². The lowest BCUT2D eigenvalue weighted by atomic mass is 10.0. The molecular formula is C11H19NO4. The molecule has 2 unspecified atom stereocenters. The molecule has 2 atom stereocenters. The van der Waals surface area contributed by atoms with Crippen LogP contribution in [0.25, 0.3) is 0 Å². The molecule has 1 aliphatic rings. The van der Waals surface area contributed by atoms with Crippen LogP contribution in [0, 0.1) is 5.92 Å². The smallest absolute Gasteiger partial charge is 0.308 e. The zero-order valence-corrected chi connectivity index (χ0v) is 9.57. The van der Waals surface area contributed by atoms with Crippen molar-refractivity contribution in [3.63, 3.8) is 0 Å². The fourth-order valence-electron chi connectivity index (χ4n) is 2.08. The third kappa shape index (κ3) is 3.81. The number of rotatable bonds is 6. The van der Waals surface area contributed by atoms with Crippen molar-refractivity contribution >= 4 is 11.9 Å². The Labute approximate surface area is 95.2 Å². The minimum atomic E-state index is -0.806. The Kier molecular flexibility index (Phi) is 5.25.